The third kappa shape index (κ3) is 4.76. The molecule has 1 aliphatic rings. The summed E-state index contributed by atoms with van der Waals surface area (Å²) in [5, 5.41) is 12.5. The maximum atomic E-state index is 11.4. The van der Waals surface area contributed by atoms with Crippen LogP contribution in [0.4, 0.5) is 4.79 Å². The Morgan fingerprint density at radius 3 is 2.81 bits per heavy atom. The summed E-state index contributed by atoms with van der Waals surface area (Å²) in [6, 6.07) is 12.1. The zero-order valence-corrected chi connectivity index (χ0v) is 12.3. The number of hydrogen-bond acceptors (Lipinski definition) is 4. The topological polar surface area (TPSA) is 65.4 Å². The molecule has 0 bridgehead atoms. The lowest BCUT2D eigenvalue weighted by Crippen LogP contribution is -2.34. The number of nitrogens with one attached hydrogen (secondary N) is 1. The molecule has 1 saturated heterocycles. The Kier molecular flexibility index (Phi) is 5.59. The first-order valence-corrected chi connectivity index (χ1v) is 7.27. The maximum Gasteiger partial charge on any atom is 0.409 e. The molecule has 2 unspecified atom stereocenters. The van der Waals surface area contributed by atoms with E-state index in [-0.39, 0.29) is 18.1 Å². The molecule has 1 aliphatic heterocycles. The average molecular weight is 287 g/mol. The zero-order chi connectivity index (χ0) is 15.1. The van der Waals surface area contributed by atoms with Gasteiger partial charge in [0.25, 0.3) is 0 Å². The van der Waals surface area contributed by atoms with Gasteiger partial charge in [0.15, 0.2) is 0 Å². The predicted octanol–water partition coefficient (Wildman–Crippen LogP) is 2.15. The monoisotopic (exact) mass is 287 g/mol. The Labute approximate surface area is 125 Å². The molecule has 21 heavy (non-hydrogen) atoms. The highest BCUT2D eigenvalue weighted by molar-refractivity contribution is 5.69. The van der Waals surface area contributed by atoms with E-state index in [9.17, 15) is 10.1 Å². The van der Waals surface area contributed by atoms with Crippen LogP contribution in [0.1, 0.15) is 18.9 Å². The van der Waals surface area contributed by atoms with Gasteiger partial charge in [-0.05, 0) is 17.9 Å². The molecular formula is C16H21N3O2. The second-order valence-corrected chi connectivity index (χ2v) is 5.45. The Balaban J connectivity index is 1.76. The average Bonchev–Trinajstić information content (AvgIpc) is 2.89. The first kappa shape index (κ1) is 15.3. The molecular weight excluding hydrogens is 266 g/mol. The summed E-state index contributed by atoms with van der Waals surface area (Å²) in [7, 11) is 0. The minimum absolute atomic E-state index is 0.209. The number of benzene rings is 1. The number of cyclic esters (lactones) is 1. The van der Waals surface area contributed by atoms with Crippen LogP contribution in [0.25, 0.3) is 0 Å². The van der Waals surface area contributed by atoms with Crippen LogP contribution in [-0.2, 0) is 11.3 Å². The highest BCUT2D eigenvalue weighted by Crippen LogP contribution is 2.12. The van der Waals surface area contributed by atoms with Crippen LogP contribution in [0.3, 0.4) is 0 Å². The Morgan fingerprint density at radius 1 is 1.43 bits per heavy atom. The van der Waals surface area contributed by atoms with Crippen LogP contribution in [0.2, 0.25) is 0 Å². The molecule has 0 spiro atoms. The van der Waals surface area contributed by atoms with E-state index in [1.54, 1.807) is 4.90 Å². The van der Waals surface area contributed by atoms with E-state index in [4.69, 9.17) is 4.74 Å². The number of ether oxygens (including phenoxy) is 1. The Morgan fingerprint density at radius 2 is 2.19 bits per heavy atom. The number of amides is 1. The molecule has 1 fully saturated rings. The van der Waals surface area contributed by atoms with Gasteiger partial charge in [0.1, 0.15) is 6.61 Å². The molecule has 0 aliphatic carbocycles. The minimum Gasteiger partial charge on any atom is -0.448 e. The van der Waals surface area contributed by atoms with Crippen LogP contribution in [0.15, 0.2) is 30.3 Å². The highest BCUT2D eigenvalue weighted by Gasteiger charge is 2.24. The Hall–Kier alpha value is -2.06. The molecule has 1 aromatic carbocycles. The third-order valence-electron chi connectivity index (χ3n) is 3.57. The highest BCUT2D eigenvalue weighted by atomic mass is 16.6. The SMILES string of the molecule is CC(CC(C#N)NCc1ccccc1)CN1CCOC1=O. The summed E-state index contributed by atoms with van der Waals surface area (Å²) in [4.78, 5) is 13.1. The van der Waals surface area contributed by atoms with Crippen molar-refractivity contribution in [2.24, 2.45) is 5.92 Å². The van der Waals surface area contributed by atoms with Gasteiger partial charge in [-0.3, -0.25) is 5.32 Å². The van der Waals surface area contributed by atoms with Gasteiger partial charge in [-0.15, -0.1) is 0 Å². The van der Waals surface area contributed by atoms with E-state index in [0.29, 0.717) is 32.7 Å². The summed E-state index contributed by atoms with van der Waals surface area (Å²) < 4.78 is 4.91. The van der Waals surface area contributed by atoms with Crippen molar-refractivity contribution in [3.05, 3.63) is 35.9 Å². The first-order chi connectivity index (χ1) is 10.2. The van der Waals surface area contributed by atoms with Gasteiger partial charge in [0, 0.05) is 13.1 Å². The number of nitriles is 1. The normalized spacial score (nSPS) is 17.1. The van der Waals surface area contributed by atoms with Gasteiger partial charge in [0.2, 0.25) is 0 Å². The number of nitrogens with zero attached hydrogens (tertiary/aromatic N) is 2. The number of hydrogen-bond donors (Lipinski definition) is 1. The van der Waals surface area contributed by atoms with Gasteiger partial charge >= 0.3 is 6.09 Å². The van der Waals surface area contributed by atoms with Gasteiger partial charge in [-0.2, -0.15) is 5.26 Å². The fourth-order valence-corrected chi connectivity index (χ4v) is 2.46. The Bertz CT molecular complexity index is 498. The van der Waals surface area contributed by atoms with Crippen molar-refractivity contribution in [1.29, 1.82) is 5.26 Å². The van der Waals surface area contributed by atoms with E-state index in [0.717, 1.165) is 5.56 Å². The summed E-state index contributed by atoms with van der Waals surface area (Å²) in [6.07, 6.45) is 0.472. The van der Waals surface area contributed by atoms with Crippen LogP contribution in [0, 0.1) is 17.2 Å². The summed E-state index contributed by atoms with van der Waals surface area (Å²) in [5.74, 6) is 0.253. The number of carbonyl (C=O) groups is 1. The quantitative estimate of drug-likeness (QED) is 0.834. The van der Waals surface area contributed by atoms with Crippen LogP contribution in [-0.4, -0.2) is 36.7 Å². The lowest BCUT2D eigenvalue weighted by Gasteiger charge is -2.21. The first-order valence-electron chi connectivity index (χ1n) is 7.27. The van der Waals surface area contributed by atoms with E-state index < -0.39 is 0 Å². The molecule has 0 aromatic heterocycles. The van der Waals surface area contributed by atoms with E-state index >= 15 is 0 Å². The third-order valence-corrected chi connectivity index (χ3v) is 3.57. The lowest BCUT2D eigenvalue weighted by atomic mass is 10.0. The molecule has 112 valence electrons. The van der Waals surface area contributed by atoms with Crippen molar-refractivity contribution in [3.63, 3.8) is 0 Å². The molecule has 5 nitrogen and oxygen atoms in total. The van der Waals surface area contributed by atoms with Crippen LogP contribution in [0.5, 0.6) is 0 Å². The predicted molar refractivity (Wildman–Crippen MR) is 79.4 cm³/mol. The second-order valence-electron chi connectivity index (χ2n) is 5.45. The largest absolute Gasteiger partial charge is 0.448 e. The fraction of sp³-hybridized carbons (Fsp3) is 0.500. The second kappa shape index (κ2) is 7.65. The molecule has 0 radical (unpaired) electrons. The van der Waals surface area contributed by atoms with Gasteiger partial charge < -0.3 is 9.64 Å². The summed E-state index contributed by atoms with van der Waals surface area (Å²) >= 11 is 0. The van der Waals surface area contributed by atoms with Gasteiger partial charge in [-0.25, -0.2) is 4.79 Å². The molecule has 1 heterocycles. The van der Waals surface area contributed by atoms with Crippen molar-refractivity contribution >= 4 is 6.09 Å². The van der Waals surface area contributed by atoms with Crippen molar-refractivity contribution in [1.82, 2.24) is 10.2 Å². The number of carbonyl (C=O) groups excluding carboxylic acids is 1. The van der Waals surface area contributed by atoms with Crippen LogP contribution >= 0.6 is 0 Å². The summed E-state index contributed by atoms with van der Waals surface area (Å²) in [5.41, 5.74) is 1.16. The molecule has 1 N–H and O–H groups in total. The van der Waals surface area contributed by atoms with Gasteiger partial charge in [-0.1, -0.05) is 37.3 Å². The lowest BCUT2D eigenvalue weighted by molar-refractivity contribution is 0.154. The van der Waals surface area contributed by atoms with Crippen molar-refractivity contribution in [3.8, 4) is 6.07 Å². The van der Waals surface area contributed by atoms with E-state index in [1.165, 1.54) is 0 Å². The molecule has 1 aromatic rings. The van der Waals surface area contributed by atoms with Crippen molar-refractivity contribution < 1.29 is 9.53 Å². The van der Waals surface area contributed by atoms with Crippen LogP contribution < -0.4 is 5.32 Å². The molecule has 2 atom stereocenters. The molecule has 5 heteroatoms. The van der Waals surface area contributed by atoms with Crippen molar-refractivity contribution in [2.75, 3.05) is 19.7 Å². The fourth-order valence-electron chi connectivity index (χ4n) is 2.46. The maximum absolute atomic E-state index is 11.4. The standard InChI is InChI=1S/C16H21N3O2/c1-13(12-19-7-8-21-16(19)20)9-15(10-17)18-11-14-5-3-2-4-6-14/h2-6,13,15,18H,7-9,11-12H2,1H3. The van der Waals surface area contributed by atoms with E-state index in [2.05, 4.69) is 18.3 Å². The zero-order valence-electron chi connectivity index (χ0n) is 12.3. The molecule has 1 amide bonds. The number of rotatable bonds is 7. The van der Waals surface area contributed by atoms with E-state index in [1.807, 2.05) is 30.3 Å². The minimum atomic E-state index is -0.243. The molecule has 0 saturated carbocycles. The van der Waals surface area contributed by atoms with Crippen molar-refractivity contribution in [2.45, 2.75) is 25.9 Å². The smallest absolute Gasteiger partial charge is 0.409 e. The molecule has 2 rings (SSSR count). The summed E-state index contributed by atoms with van der Waals surface area (Å²) in [6.45, 7) is 4.50. The van der Waals surface area contributed by atoms with Gasteiger partial charge in [0.05, 0.1) is 18.7 Å².